The Hall–Kier alpha value is -3.33. The summed E-state index contributed by atoms with van der Waals surface area (Å²) in [7, 11) is 1.43. The molecule has 30 heavy (non-hydrogen) atoms. The topological polar surface area (TPSA) is 85.3 Å². The maximum Gasteiger partial charge on any atom is 0.227 e. The van der Waals surface area contributed by atoms with Gasteiger partial charge in [-0.2, -0.15) is 10.1 Å². The zero-order valence-corrected chi connectivity index (χ0v) is 17.0. The lowest BCUT2D eigenvalue weighted by molar-refractivity contribution is -0.00571. The number of aromatic nitrogens is 4. The third-order valence-electron chi connectivity index (χ3n) is 4.74. The largest absolute Gasteiger partial charge is 0.494 e. The molecule has 156 valence electrons. The van der Waals surface area contributed by atoms with Crippen LogP contribution in [0.3, 0.4) is 0 Å². The summed E-state index contributed by atoms with van der Waals surface area (Å²) in [4.78, 5) is 11.1. The highest BCUT2D eigenvalue weighted by Crippen LogP contribution is 2.27. The molecule has 0 amide bonds. The molecule has 1 aromatic carbocycles. The molecule has 1 aliphatic rings. The monoisotopic (exact) mass is 410 g/mol. The number of methoxy groups -OCH3 is 1. The van der Waals surface area contributed by atoms with Crippen LogP contribution in [0.4, 0.5) is 22.0 Å². The molecule has 8 nitrogen and oxygen atoms in total. The second kappa shape index (κ2) is 8.58. The molecule has 4 rings (SSSR count). The lowest BCUT2D eigenvalue weighted by Crippen LogP contribution is -2.46. The van der Waals surface area contributed by atoms with E-state index in [-0.39, 0.29) is 18.0 Å². The zero-order chi connectivity index (χ0) is 21.1. The molecule has 0 spiro atoms. The van der Waals surface area contributed by atoms with E-state index in [0.717, 1.165) is 18.7 Å². The Morgan fingerprint density at radius 3 is 2.63 bits per heavy atom. The average Bonchev–Trinajstić information content (AvgIpc) is 2.73. The fourth-order valence-corrected chi connectivity index (χ4v) is 3.47. The third-order valence-corrected chi connectivity index (χ3v) is 4.74. The molecule has 2 atom stereocenters. The third kappa shape index (κ3) is 4.46. The van der Waals surface area contributed by atoms with E-state index in [1.54, 1.807) is 36.7 Å². The lowest BCUT2D eigenvalue weighted by atomic mass is 10.1. The fourth-order valence-electron chi connectivity index (χ4n) is 3.47. The zero-order valence-electron chi connectivity index (χ0n) is 17.0. The second-order valence-electron chi connectivity index (χ2n) is 7.21. The number of rotatable bonds is 5. The Morgan fingerprint density at radius 2 is 1.90 bits per heavy atom. The molecule has 0 radical (unpaired) electrons. The molecule has 1 aliphatic heterocycles. The molecule has 3 aromatic rings. The lowest BCUT2D eigenvalue weighted by Gasteiger charge is -2.35. The van der Waals surface area contributed by atoms with Crippen LogP contribution in [0.25, 0.3) is 11.1 Å². The van der Waals surface area contributed by atoms with Gasteiger partial charge in [-0.25, -0.2) is 9.37 Å². The summed E-state index contributed by atoms with van der Waals surface area (Å²) < 4.78 is 24.8. The first kappa shape index (κ1) is 20.0. The molecular weight excluding hydrogens is 387 g/mol. The van der Waals surface area contributed by atoms with E-state index in [1.807, 2.05) is 13.8 Å². The first-order valence-electron chi connectivity index (χ1n) is 9.69. The summed E-state index contributed by atoms with van der Waals surface area (Å²) in [6, 6.07) is 8.31. The van der Waals surface area contributed by atoms with Crippen LogP contribution in [0.1, 0.15) is 13.8 Å². The Labute approximate surface area is 174 Å². The van der Waals surface area contributed by atoms with Crippen molar-refractivity contribution in [3.63, 3.8) is 0 Å². The summed E-state index contributed by atoms with van der Waals surface area (Å²) in [5.74, 6) is 1.48. The van der Waals surface area contributed by atoms with Gasteiger partial charge >= 0.3 is 0 Å². The molecule has 9 heteroatoms. The molecule has 3 heterocycles. The minimum Gasteiger partial charge on any atom is -0.494 e. The summed E-state index contributed by atoms with van der Waals surface area (Å²) in [6.45, 7) is 5.53. The van der Waals surface area contributed by atoms with Crippen molar-refractivity contribution in [2.75, 3.05) is 30.4 Å². The van der Waals surface area contributed by atoms with Crippen LogP contribution in [-0.4, -0.2) is 52.6 Å². The summed E-state index contributed by atoms with van der Waals surface area (Å²) in [5, 5.41) is 11.3. The van der Waals surface area contributed by atoms with E-state index in [1.165, 1.54) is 13.2 Å². The second-order valence-corrected chi connectivity index (χ2v) is 7.21. The smallest absolute Gasteiger partial charge is 0.227 e. The van der Waals surface area contributed by atoms with Gasteiger partial charge in [-0.05, 0) is 43.7 Å². The van der Waals surface area contributed by atoms with E-state index in [4.69, 9.17) is 9.47 Å². The van der Waals surface area contributed by atoms with Crippen molar-refractivity contribution in [3.05, 3.63) is 48.5 Å². The minimum absolute atomic E-state index is 0.112. The van der Waals surface area contributed by atoms with Gasteiger partial charge in [-0.3, -0.25) is 0 Å². The van der Waals surface area contributed by atoms with Gasteiger partial charge in [0.1, 0.15) is 5.82 Å². The number of hydrogen-bond acceptors (Lipinski definition) is 8. The Morgan fingerprint density at radius 1 is 1.10 bits per heavy atom. The molecule has 1 fully saturated rings. The summed E-state index contributed by atoms with van der Waals surface area (Å²) in [5.41, 5.74) is 1.39. The van der Waals surface area contributed by atoms with Crippen molar-refractivity contribution in [2.24, 2.45) is 0 Å². The molecule has 1 N–H and O–H groups in total. The molecule has 2 aromatic heterocycles. The highest BCUT2D eigenvalue weighted by atomic mass is 19.1. The van der Waals surface area contributed by atoms with Crippen LogP contribution in [0, 0.1) is 5.82 Å². The first-order chi connectivity index (χ1) is 14.5. The van der Waals surface area contributed by atoms with Gasteiger partial charge in [0.05, 0.1) is 25.5 Å². The van der Waals surface area contributed by atoms with Crippen LogP contribution in [-0.2, 0) is 4.74 Å². The number of nitrogens with one attached hydrogen (secondary N) is 1. The Balaban J connectivity index is 1.54. The molecule has 1 saturated heterocycles. The van der Waals surface area contributed by atoms with Gasteiger partial charge in [0.15, 0.2) is 17.4 Å². The predicted octanol–water partition coefficient (Wildman–Crippen LogP) is 3.44. The van der Waals surface area contributed by atoms with Crippen molar-refractivity contribution in [1.82, 2.24) is 20.2 Å². The quantitative estimate of drug-likeness (QED) is 0.685. The summed E-state index contributed by atoms with van der Waals surface area (Å²) >= 11 is 0. The predicted molar refractivity (Wildman–Crippen MR) is 112 cm³/mol. The maximum absolute atomic E-state index is 14.1. The van der Waals surface area contributed by atoms with Crippen LogP contribution < -0.4 is 15.0 Å². The van der Waals surface area contributed by atoms with Crippen LogP contribution in [0.5, 0.6) is 5.75 Å². The number of anilines is 3. The van der Waals surface area contributed by atoms with Gasteiger partial charge in [-0.15, -0.1) is 5.10 Å². The number of ether oxygens (including phenoxy) is 2. The molecule has 0 unspecified atom stereocenters. The van der Waals surface area contributed by atoms with Gasteiger partial charge in [0, 0.05) is 24.8 Å². The van der Waals surface area contributed by atoms with Crippen molar-refractivity contribution >= 4 is 17.6 Å². The molecule has 0 saturated carbocycles. The minimum atomic E-state index is -0.435. The van der Waals surface area contributed by atoms with E-state index in [2.05, 4.69) is 30.4 Å². The van der Waals surface area contributed by atoms with Crippen LogP contribution >= 0.6 is 0 Å². The highest BCUT2D eigenvalue weighted by molar-refractivity contribution is 5.67. The normalized spacial score (nSPS) is 18.9. The number of benzene rings is 1. The van der Waals surface area contributed by atoms with Crippen LogP contribution in [0.15, 0.2) is 42.7 Å². The number of halogens is 1. The molecular formula is C21H23FN6O2. The highest BCUT2D eigenvalue weighted by Gasteiger charge is 2.24. The van der Waals surface area contributed by atoms with E-state index in [9.17, 15) is 4.39 Å². The number of hydrogen-bond donors (Lipinski definition) is 1. The van der Waals surface area contributed by atoms with Gasteiger partial charge < -0.3 is 19.7 Å². The van der Waals surface area contributed by atoms with Crippen LogP contribution in [0.2, 0.25) is 0 Å². The Bertz CT molecular complexity index is 1020. The van der Waals surface area contributed by atoms with Gasteiger partial charge in [0.25, 0.3) is 0 Å². The summed E-state index contributed by atoms with van der Waals surface area (Å²) in [6.07, 6.45) is 3.50. The molecule has 0 bridgehead atoms. The van der Waals surface area contributed by atoms with E-state index < -0.39 is 5.82 Å². The number of nitrogens with zero attached hydrogens (tertiary/aromatic N) is 5. The average molecular weight is 410 g/mol. The van der Waals surface area contributed by atoms with E-state index >= 15 is 0 Å². The first-order valence-corrected chi connectivity index (χ1v) is 9.69. The van der Waals surface area contributed by atoms with Crippen molar-refractivity contribution < 1.29 is 13.9 Å². The van der Waals surface area contributed by atoms with Crippen molar-refractivity contribution in [2.45, 2.75) is 26.1 Å². The van der Waals surface area contributed by atoms with E-state index in [0.29, 0.717) is 23.1 Å². The molecule has 0 aliphatic carbocycles. The van der Waals surface area contributed by atoms with Gasteiger partial charge in [0.2, 0.25) is 5.95 Å². The van der Waals surface area contributed by atoms with Crippen molar-refractivity contribution in [3.8, 4) is 16.9 Å². The maximum atomic E-state index is 14.1. The number of morpholine rings is 1. The standard InChI is InChI=1S/C21H23FN6O2/c1-13-11-28(12-14(2)30-13)21-23-7-6-19(26-21)25-20-9-16(10-24-27-20)15-4-5-18(29-3)17(22)8-15/h4-10,13-14H,11-12H2,1-3H3,(H,23,25,26,27)/t13-,14+. The SMILES string of the molecule is COc1ccc(-c2cnnc(Nc3ccnc(N4C[C@@H](C)O[C@@H](C)C4)n3)c2)cc1F. The Kier molecular flexibility index (Phi) is 5.71. The fraction of sp³-hybridized carbons (Fsp3) is 0.333. The van der Waals surface area contributed by atoms with Gasteiger partial charge in [-0.1, -0.05) is 6.07 Å². The van der Waals surface area contributed by atoms with Crippen molar-refractivity contribution in [1.29, 1.82) is 0 Å².